The number of hydrogen-bond acceptors (Lipinski definition) is 6. The maximum atomic E-state index is 13.0. The van der Waals surface area contributed by atoms with Crippen molar-refractivity contribution in [1.82, 2.24) is 14.5 Å². The number of carbonyl (C=O) groups is 1. The van der Waals surface area contributed by atoms with Crippen molar-refractivity contribution < 1.29 is 13.2 Å². The lowest BCUT2D eigenvalue weighted by Gasteiger charge is -2.16. The van der Waals surface area contributed by atoms with Crippen LogP contribution >= 0.6 is 11.3 Å². The normalized spacial score (nSPS) is 13.2. The first kappa shape index (κ1) is 21.4. The van der Waals surface area contributed by atoms with E-state index in [-0.39, 0.29) is 5.91 Å². The summed E-state index contributed by atoms with van der Waals surface area (Å²) in [4.78, 5) is 23.0. The molecule has 1 aliphatic heterocycles. The fraction of sp³-hybridized carbons (Fsp3) is 0.174. The highest BCUT2D eigenvalue weighted by atomic mass is 32.2. The molecular formula is C23H21N5O3S2. The standard InChI is InChI=1S/C23H21N5O3S2/c1-27-13-11-24-21(27)20-19(15-6-4-3-5-7-15)25-23(32-20)26-22(29)17-8-9-18-16(14-17)10-12-28(18)33(2,30)31/h3-9,11,13-14H,10,12H2,1-2H3,(H,25,26,29). The second-order valence-corrected chi connectivity index (χ2v) is 10.7. The maximum Gasteiger partial charge on any atom is 0.257 e. The third kappa shape index (κ3) is 4.03. The Balaban J connectivity index is 1.46. The Labute approximate surface area is 195 Å². The molecule has 10 heteroatoms. The Kier molecular flexibility index (Phi) is 5.26. The van der Waals surface area contributed by atoms with Crippen LogP contribution in [0.3, 0.4) is 0 Å². The van der Waals surface area contributed by atoms with Gasteiger partial charge >= 0.3 is 0 Å². The lowest BCUT2D eigenvalue weighted by atomic mass is 10.1. The number of rotatable bonds is 5. The monoisotopic (exact) mass is 479 g/mol. The van der Waals surface area contributed by atoms with Crippen molar-refractivity contribution in [2.75, 3.05) is 22.4 Å². The minimum absolute atomic E-state index is 0.296. The topological polar surface area (TPSA) is 97.2 Å². The summed E-state index contributed by atoms with van der Waals surface area (Å²) in [5.41, 5.74) is 3.62. The van der Waals surface area contributed by atoms with Gasteiger partial charge < -0.3 is 4.57 Å². The van der Waals surface area contributed by atoms with Crippen LogP contribution in [-0.4, -0.2) is 41.7 Å². The Morgan fingerprint density at radius 2 is 1.94 bits per heavy atom. The number of nitrogens with zero attached hydrogens (tertiary/aromatic N) is 4. The molecule has 1 N–H and O–H groups in total. The van der Waals surface area contributed by atoms with Crippen molar-refractivity contribution in [1.29, 1.82) is 0 Å². The molecule has 2 aromatic carbocycles. The Morgan fingerprint density at radius 3 is 2.64 bits per heavy atom. The second-order valence-electron chi connectivity index (χ2n) is 7.81. The van der Waals surface area contributed by atoms with Crippen molar-refractivity contribution in [3.8, 4) is 22.0 Å². The molecule has 0 fully saturated rings. The molecule has 0 aliphatic carbocycles. The molecule has 168 valence electrons. The van der Waals surface area contributed by atoms with Crippen LogP contribution in [0, 0.1) is 0 Å². The molecule has 5 rings (SSSR count). The fourth-order valence-electron chi connectivity index (χ4n) is 3.93. The first-order valence-corrected chi connectivity index (χ1v) is 12.9. The number of imidazole rings is 1. The van der Waals surface area contributed by atoms with E-state index < -0.39 is 10.0 Å². The molecule has 8 nitrogen and oxygen atoms in total. The Bertz CT molecular complexity index is 1460. The largest absolute Gasteiger partial charge is 0.333 e. The highest BCUT2D eigenvalue weighted by molar-refractivity contribution is 7.92. The Hall–Kier alpha value is -3.50. The Morgan fingerprint density at radius 1 is 1.15 bits per heavy atom. The number of aryl methyl sites for hydroxylation is 1. The molecule has 0 atom stereocenters. The van der Waals surface area contributed by atoms with Crippen LogP contribution in [0.1, 0.15) is 15.9 Å². The second kappa shape index (κ2) is 8.13. The van der Waals surface area contributed by atoms with E-state index in [0.29, 0.717) is 29.3 Å². The number of carbonyl (C=O) groups excluding carboxylic acids is 1. The lowest BCUT2D eigenvalue weighted by molar-refractivity contribution is 0.102. The molecule has 4 aromatic rings. The third-order valence-electron chi connectivity index (χ3n) is 5.51. The molecule has 0 saturated carbocycles. The zero-order valence-corrected chi connectivity index (χ0v) is 19.7. The first-order chi connectivity index (χ1) is 15.8. The van der Waals surface area contributed by atoms with Crippen molar-refractivity contribution in [2.45, 2.75) is 6.42 Å². The molecule has 0 bridgehead atoms. The van der Waals surface area contributed by atoms with Crippen molar-refractivity contribution in [2.24, 2.45) is 7.05 Å². The van der Waals surface area contributed by atoms with Crippen LogP contribution in [0.15, 0.2) is 60.9 Å². The van der Waals surface area contributed by atoms with Gasteiger partial charge in [0.05, 0.1) is 22.5 Å². The molecule has 3 heterocycles. The summed E-state index contributed by atoms with van der Waals surface area (Å²) >= 11 is 1.36. The zero-order chi connectivity index (χ0) is 23.2. The predicted molar refractivity (Wildman–Crippen MR) is 130 cm³/mol. The van der Waals surface area contributed by atoms with Gasteiger partial charge in [0.2, 0.25) is 10.0 Å². The van der Waals surface area contributed by atoms with Crippen LogP contribution in [-0.2, 0) is 23.5 Å². The van der Waals surface area contributed by atoms with E-state index in [1.54, 1.807) is 24.4 Å². The summed E-state index contributed by atoms with van der Waals surface area (Å²) in [6.45, 7) is 0.388. The van der Waals surface area contributed by atoms with E-state index in [4.69, 9.17) is 4.98 Å². The highest BCUT2D eigenvalue weighted by Crippen LogP contribution is 2.38. The average Bonchev–Trinajstić information content (AvgIpc) is 3.51. The SMILES string of the molecule is Cn1ccnc1-c1sc(NC(=O)c2ccc3c(c2)CCN3S(C)(=O)=O)nc1-c1ccccc1. The van der Waals surface area contributed by atoms with Crippen molar-refractivity contribution >= 4 is 38.1 Å². The van der Waals surface area contributed by atoms with E-state index in [0.717, 1.165) is 27.5 Å². The predicted octanol–water partition coefficient (Wildman–Crippen LogP) is 3.79. The van der Waals surface area contributed by atoms with E-state index in [1.807, 2.05) is 48.1 Å². The maximum absolute atomic E-state index is 13.0. The lowest BCUT2D eigenvalue weighted by Crippen LogP contribution is -2.27. The molecule has 0 spiro atoms. The van der Waals surface area contributed by atoms with Gasteiger partial charge in [-0.3, -0.25) is 14.4 Å². The molecule has 33 heavy (non-hydrogen) atoms. The zero-order valence-electron chi connectivity index (χ0n) is 18.0. The van der Waals surface area contributed by atoms with Crippen molar-refractivity contribution in [3.63, 3.8) is 0 Å². The molecular weight excluding hydrogens is 458 g/mol. The summed E-state index contributed by atoms with van der Waals surface area (Å²) in [5, 5.41) is 3.37. The van der Waals surface area contributed by atoms with E-state index in [2.05, 4.69) is 10.3 Å². The number of sulfonamides is 1. The number of hydrogen-bond donors (Lipinski definition) is 1. The molecule has 1 aliphatic rings. The van der Waals surface area contributed by atoms with E-state index >= 15 is 0 Å². The van der Waals surface area contributed by atoms with Gasteiger partial charge in [0.25, 0.3) is 5.91 Å². The summed E-state index contributed by atoms with van der Waals surface area (Å²) in [7, 11) is -1.42. The number of thiazole rings is 1. The van der Waals surface area contributed by atoms with Gasteiger partial charge in [-0.05, 0) is 30.2 Å². The van der Waals surface area contributed by atoms with Crippen molar-refractivity contribution in [3.05, 3.63) is 72.1 Å². The number of amides is 1. The number of nitrogens with one attached hydrogen (secondary N) is 1. The fourth-order valence-corrected chi connectivity index (χ4v) is 5.91. The van der Waals surface area contributed by atoms with Crippen LogP contribution in [0.2, 0.25) is 0 Å². The van der Waals surface area contributed by atoms with Gasteiger partial charge in [0.15, 0.2) is 11.0 Å². The van der Waals surface area contributed by atoms with E-state index in [1.165, 1.54) is 21.9 Å². The van der Waals surface area contributed by atoms with Gasteiger partial charge in [-0.1, -0.05) is 41.7 Å². The molecule has 2 aromatic heterocycles. The molecule has 0 radical (unpaired) electrons. The number of benzene rings is 2. The van der Waals surface area contributed by atoms with Gasteiger partial charge in [0, 0.05) is 37.1 Å². The van der Waals surface area contributed by atoms with Crippen LogP contribution in [0.25, 0.3) is 22.0 Å². The third-order valence-corrected chi connectivity index (χ3v) is 7.66. The van der Waals surface area contributed by atoms with Gasteiger partial charge in [-0.2, -0.15) is 0 Å². The summed E-state index contributed by atoms with van der Waals surface area (Å²) in [6.07, 6.45) is 5.36. The van der Waals surface area contributed by atoms with E-state index in [9.17, 15) is 13.2 Å². The molecule has 1 amide bonds. The number of anilines is 2. The number of aromatic nitrogens is 3. The molecule has 0 saturated heterocycles. The smallest absolute Gasteiger partial charge is 0.257 e. The van der Waals surface area contributed by atoms with Gasteiger partial charge in [-0.25, -0.2) is 18.4 Å². The number of fused-ring (bicyclic) bond motifs is 1. The minimum Gasteiger partial charge on any atom is -0.333 e. The summed E-state index contributed by atoms with van der Waals surface area (Å²) < 4.78 is 27.2. The first-order valence-electron chi connectivity index (χ1n) is 10.3. The minimum atomic E-state index is -3.33. The van der Waals surface area contributed by atoms with Crippen LogP contribution < -0.4 is 9.62 Å². The summed E-state index contributed by atoms with van der Waals surface area (Å²) in [6, 6.07) is 14.9. The van der Waals surface area contributed by atoms with Gasteiger partial charge in [-0.15, -0.1) is 0 Å². The summed E-state index contributed by atoms with van der Waals surface area (Å²) in [5.74, 6) is 0.473. The quantitative estimate of drug-likeness (QED) is 0.470. The molecule has 0 unspecified atom stereocenters. The highest BCUT2D eigenvalue weighted by Gasteiger charge is 2.27. The van der Waals surface area contributed by atoms with Gasteiger partial charge in [0.1, 0.15) is 0 Å². The van der Waals surface area contributed by atoms with Crippen LogP contribution in [0.4, 0.5) is 10.8 Å². The average molecular weight is 480 g/mol. The van der Waals surface area contributed by atoms with Crippen LogP contribution in [0.5, 0.6) is 0 Å².